The van der Waals surface area contributed by atoms with Crippen molar-refractivity contribution >= 4 is 0 Å². The van der Waals surface area contributed by atoms with Crippen LogP contribution in [0.4, 0.5) is 0 Å². The quantitative estimate of drug-likeness (QED) is 0.790. The van der Waals surface area contributed by atoms with Gasteiger partial charge in [0.2, 0.25) is 5.88 Å². The molecule has 0 radical (unpaired) electrons. The minimum absolute atomic E-state index is 0.393. The van der Waals surface area contributed by atoms with E-state index in [1.165, 1.54) is 31.2 Å². The Morgan fingerprint density at radius 1 is 1.39 bits per heavy atom. The van der Waals surface area contributed by atoms with E-state index in [1.807, 2.05) is 11.7 Å². The first-order valence-electron chi connectivity index (χ1n) is 7.12. The lowest BCUT2D eigenvalue weighted by Gasteiger charge is -2.15. The summed E-state index contributed by atoms with van der Waals surface area (Å²) < 4.78 is 8.03. The van der Waals surface area contributed by atoms with E-state index in [-0.39, 0.29) is 0 Å². The van der Waals surface area contributed by atoms with E-state index < -0.39 is 0 Å². The van der Waals surface area contributed by atoms with E-state index >= 15 is 0 Å². The average Bonchev–Trinajstić information content (AvgIpc) is 2.92. The Kier molecular flexibility index (Phi) is 4.64. The fourth-order valence-corrected chi connectivity index (χ4v) is 2.59. The van der Waals surface area contributed by atoms with E-state index in [0.717, 1.165) is 31.1 Å². The molecular weight excluding hydrogens is 226 g/mol. The van der Waals surface area contributed by atoms with Gasteiger partial charge in [0.15, 0.2) is 0 Å². The zero-order valence-corrected chi connectivity index (χ0v) is 11.8. The lowest BCUT2D eigenvalue weighted by molar-refractivity contribution is 0.190. The van der Waals surface area contributed by atoms with Crippen LogP contribution in [0.15, 0.2) is 0 Å². The van der Waals surface area contributed by atoms with Gasteiger partial charge in [-0.1, -0.05) is 6.92 Å². The second-order valence-corrected chi connectivity index (χ2v) is 5.19. The molecule has 0 aliphatic heterocycles. The van der Waals surface area contributed by atoms with Crippen LogP contribution in [0.2, 0.25) is 0 Å². The molecule has 0 amide bonds. The number of ether oxygens (including phenoxy) is 1. The van der Waals surface area contributed by atoms with Crippen LogP contribution in [0.1, 0.15) is 50.3 Å². The molecule has 0 saturated heterocycles. The van der Waals surface area contributed by atoms with Gasteiger partial charge in [-0.05, 0) is 45.6 Å². The SMILES string of the molecule is CCCNCc1c(C)nn(C)c1OC1CCCC1. The van der Waals surface area contributed by atoms with Crippen LogP contribution in [-0.4, -0.2) is 22.4 Å². The Hall–Kier alpha value is -1.03. The van der Waals surface area contributed by atoms with Crippen LogP contribution in [0.5, 0.6) is 5.88 Å². The van der Waals surface area contributed by atoms with Crippen molar-refractivity contribution in [3.05, 3.63) is 11.3 Å². The first-order valence-corrected chi connectivity index (χ1v) is 7.12. The van der Waals surface area contributed by atoms with Crippen molar-refractivity contribution in [2.45, 2.75) is 58.6 Å². The number of nitrogens with zero attached hydrogens (tertiary/aromatic N) is 2. The zero-order chi connectivity index (χ0) is 13.0. The molecule has 0 aromatic carbocycles. The first kappa shape index (κ1) is 13.4. The van der Waals surface area contributed by atoms with E-state index in [4.69, 9.17) is 4.74 Å². The second kappa shape index (κ2) is 6.23. The predicted octanol–water partition coefficient (Wildman–Crippen LogP) is 2.55. The van der Waals surface area contributed by atoms with Crippen molar-refractivity contribution in [2.75, 3.05) is 6.54 Å². The first-order chi connectivity index (χ1) is 8.72. The fraction of sp³-hybridized carbons (Fsp3) is 0.786. The van der Waals surface area contributed by atoms with Crippen LogP contribution in [0.3, 0.4) is 0 Å². The second-order valence-electron chi connectivity index (χ2n) is 5.19. The Balaban J connectivity index is 2.06. The lowest BCUT2D eigenvalue weighted by Crippen LogP contribution is -2.18. The maximum Gasteiger partial charge on any atom is 0.216 e. The molecule has 0 spiro atoms. The number of aryl methyl sites for hydroxylation is 2. The summed E-state index contributed by atoms with van der Waals surface area (Å²) >= 11 is 0. The van der Waals surface area contributed by atoms with Crippen LogP contribution < -0.4 is 10.1 Å². The summed E-state index contributed by atoms with van der Waals surface area (Å²) in [6, 6.07) is 0. The van der Waals surface area contributed by atoms with Crippen LogP contribution in [0, 0.1) is 6.92 Å². The van der Waals surface area contributed by atoms with E-state index in [0.29, 0.717) is 6.10 Å². The van der Waals surface area contributed by atoms with E-state index in [2.05, 4.69) is 24.3 Å². The van der Waals surface area contributed by atoms with Gasteiger partial charge in [0.25, 0.3) is 0 Å². The Bertz CT molecular complexity index is 381. The fourth-order valence-electron chi connectivity index (χ4n) is 2.59. The molecule has 1 saturated carbocycles. The van der Waals surface area contributed by atoms with Gasteiger partial charge in [-0.3, -0.25) is 0 Å². The molecule has 0 bridgehead atoms. The van der Waals surface area contributed by atoms with Gasteiger partial charge in [0, 0.05) is 13.6 Å². The molecule has 1 fully saturated rings. The van der Waals surface area contributed by atoms with Gasteiger partial charge in [-0.2, -0.15) is 5.10 Å². The number of hydrogen-bond acceptors (Lipinski definition) is 3. The molecule has 1 heterocycles. The summed E-state index contributed by atoms with van der Waals surface area (Å²) in [4.78, 5) is 0. The van der Waals surface area contributed by atoms with Gasteiger partial charge >= 0.3 is 0 Å². The smallest absolute Gasteiger partial charge is 0.216 e. The normalized spacial score (nSPS) is 16.4. The highest BCUT2D eigenvalue weighted by Gasteiger charge is 2.21. The van der Waals surface area contributed by atoms with Crippen molar-refractivity contribution in [3.8, 4) is 5.88 Å². The van der Waals surface area contributed by atoms with Crippen LogP contribution in [-0.2, 0) is 13.6 Å². The molecule has 1 aliphatic rings. The molecule has 18 heavy (non-hydrogen) atoms. The third kappa shape index (κ3) is 3.05. The number of nitrogens with one attached hydrogen (secondary N) is 1. The van der Waals surface area contributed by atoms with Crippen LogP contribution >= 0.6 is 0 Å². The number of rotatable bonds is 6. The van der Waals surface area contributed by atoms with Crippen molar-refractivity contribution < 1.29 is 4.74 Å². The molecular formula is C14H25N3O. The minimum Gasteiger partial charge on any atom is -0.474 e. The zero-order valence-electron chi connectivity index (χ0n) is 11.8. The summed E-state index contributed by atoms with van der Waals surface area (Å²) in [5.41, 5.74) is 2.30. The molecule has 2 rings (SSSR count). The maximum absolute atomic E-state index is 6.15. The van der Waals surface area contributed by atoms with Gasteiger partial charge < -0.3 is 10.1 Å². The van der Waals surface area contributed by atoms with E-state index in [9.17, 15) is 0 Å². The maximum atomic E-state index is 6.15. The highest BCUT2D eigenvalue weighted by molar-refractivity contribution is 5.31. The summed E-state index contributed by atoms with van der Waals surface area (Å²) in [6.45, 7) is 6.14. The molecule has 0 unspecified atom stereocenters. The van der Waals surface area contributed by atoms with Gasteiger partial charge in [-0.25, -0.2) is 4.68 Å². The highest BCUT2D eigenvalue weighted by atomic mass is 16.5. The molecule has 1 aromatic rings. The van der Waals surface area contributed by atoms with Crippen LogP contribution in [0.25, 0.3) is 0 Å². The topological polar surface area (TPSA) is 39.1 Å². The molecule has 0 atom stereocenters. The highest BCUT2D eigenvalue weighted by Crippen LogP contribution is 2.27. The lowest BCUT2D eigenvalue weighted by atomic mass is 10.2. The Morgan fingerprint density at radius 2 is 2.11 bits per heavy atom. The number of hydrogen-bond donors (Lipinski definition) is 1. The van der Waals surface area contributed by atoms with Gasteiger partial charge in [0.05, 0.1) is 11.3 Å². The molecule has 102 valence electrons. The molecule has 4 nitrogen and oxygen atoms in total. The summed E-state index contributed by atoms with van der Waals surface area (Å²) in [7, 11) is 1.97. The third-order valence-corrected chi connectivity index (χ3v) is 3.60. The number of aromatic nitrogens is 2. The van der Waals surface area contributed by atoms with Crippen molar-refractivity contribution in [1.82, 2.24) is 15.1 Å². The molecule has 1 aromatic heterocycles. The van der Waals surface area contributed by atoms with E-state index in [1.54, 1.807) is 0 Å². The van der Waals surface area contributed by atoms with Crippen molar-refractivity contribution in [2.24, 2.45) is 7.05 Å². The molecule has 4 heteroatoms. The summed E-state index contributed by atoms with van der Waals surface area (Å²) in [5.74, 6) is 0.961. The van der Waals surface area contributed by atoms with Gasteiger partial charge in [-0.15, -0.1) is 0 Å². The summed E-state index contributed by atoms with van der Waals surface area (Å²) in [5, 5.41) is 7.92. The monoisotopic (exact) mass is 251 g/mol. The predicted molar refractivity (Wildman–Crippen MR) is 72.8 cm³/mol. The molecule has 1 N–H and O–H groups in total. The standard InChI is InChI=1S/C14H25N3O/c1-4-9-15-10-13-11(2)16-17(3)14(13)18-12-7-5-6-8-12/h12,15H,4-10H2,1-3H3. The van der Waals surface area contributed by atoms with Gasteiger partial charge in [0.1, 0.15) is 6.10 Å². The average molecular weight is 251 g/mol. The Labute approximate surface area is 110 Å². The van der Waals surface area contributed by atoms with Crippen molar-refractivity contribution in [3.63, 3.8) is 0 Å². The Morgan fingerprint density at radius 3 is 2.78 bits per heavy atom. The minimum atomic E-state index is 0.393. The largest absolute Gasteiger partial charge is 0.474 e. The molecule has 1 aliphatic carbocycles. The third-order valence-electron chi connectivity index (χ3n) is 3.60. The summed E-state index contributed by atoms with van der Waals surface area (Å²) in [6.07, 6.45) is 6.51. The van der Waals surface area contributed by atoms with Crippen molar-refractivity contribution in [1.29, 1.82) is 0 Å².